The Bertz CT molecular complexity index is 527. The molecule has 3 heterocycles. The number of ether oxygens (including phenoxy) is 4. The molecule has 4 aliphatic rings. The van der Waals surface area contributed by atoms with Gasteiger partial charge in [-0.05, 0) is 13.0 Å². The molecule has 5 N–H and O–H groups in total. The predicted molar refractivity (Wildman–Crippen MR) is 75.1 cm³/mol. The molecule has 3 aliphatic heterocycles. The molecule has 11 atom stereocenters. The summed E-state index contributed by atoms with van der Waals surface area (Å²) in [7, 11) is 0. The summed E-state index contributed by atoms with van der Waals surface area (Å²) in [6.07, 6.45) is -5.19. The van der Waals surface area contributed by atoms with E-state index in [-0.39, 0.29) is 12.5 Å². The quantitative estimate of drug-likeness (QED) is 0.349. The van der Waals surface area contributed by atoms with Crippen molar-refractivity contribution < 1.29 is 44.5 Å². The first kappa shape index (κ1) is 16.7. The summed E-state index contributed by atoms with van der Waals surface area (Å²) in [4.78, 5) is 0. The van der Waals surface area contributed by atoms with Crippen molar-refractivity contribution in [3.8, 4) is 0 Å². The average Bonchev–Trinajstić information content (AvgIpc) is 3.27. The second-order valence-electron chi connectivity index (χ2n) is 6.90. The molecular weight excluding hydrogens is 324 g/mol. The van der Waals surface area contributed by atoms with Crippen LogP contribution >= 0.6 is 0 Å². The van der Waals surface area contributed by atoms with Crippen LogP contribution in [0, 0.1) is 11.8 Å². The molecule has 0 radical (unpaired) electrons. The first-order valence-corrected chi connectivity index (χ1v) is 8.04. The molecule has 0 spiro atoms. The summed E-state index contributed by atoms with van der Waals surface area (Å²) < 4.78 is 22.1. The Labute approximate surface area is 138 Å². The van der Waals surface area contributed by atoms with Crippen LogP contribution in [0.5, 0.6) is 0 Å². The SMILES string of the molecule is C[C@H]1O[C@@H](O[C@@H]2OC=C[C@@H]3[C@H]2C2(CO)OC2[C@H]3O)[C@H](O)[C@H](O)[C@H]1O. The summed E-state index contributed by atoms with van der Waals surface area (Å²) in [5.41, 5.74) is -0.942. The molecule has 0 aromatic heterocycles. The number of fused-ring (bicyclic) bond motifs is 3. The first-order valence-electron chi connectivity index (χ1n) is 8.04. The number of aliphatic hydroxyl groups is 5. The fourth-order valence-corrected chi connectivity index (χ4v) is 4.12. The van der Waals surface area contributed by atoms with E-state index in [1.165, 1.54) is 6.26 Å². The van der Waals surface area contributed by atoms with Gasteiger partial charge in [0.15, 0.2) is 6.29 Å². The third-order valence-electron chi connectivity index (χ3n) is 5.58. The third kappa shape index (κ3) is 2.17. The van der Waals surface area contributed by atoms with Gasteiger partial charge in [-0.15, -0.1) is 0 Å². The second-order valence-corrected chi connectivity index (χ2v) is 6.90. The van der Waals surface area contributed by atoms with Crippen molar-refractivity contribution in [2.45, 2.75) is 61.7 Å². The van der Waals surface area contributed by atoms with Gasteiger partial charge in [0.05, 0.1) is 31.0 Å². The molecule has 24 heavy (non-hydrogen) atoms. The van der Waals surface area contributed by atoms with E-state index in [1.54, 1.807) is 13.0 Å². The third-order valence-corrected chi connectivity index (χ3v) is 5.58. The largest absolute Gasteiger partial charge is 0.472 e. The van der Waals surface area contributed by atoms with Gasteiger partial charge in [-0.1, -0.05) is 0 Å². The Morgan fingerprint density at radius 3 is 2.50 bits per heavy atom. The Balaban J connectivity index is 1.53. The standard InChI is InChI=1S/C15H22O9/c1-5-8(17)10(19)11(20)14(22-5)23-13-7-6(2-3-21-13)9(18)12-15(7,4-16)24-12/h2-3,5-14,16-20H,4H2,1H3/t5-,6-,7-,8+,9+,10-,11-,12?,13+,14+,15?/m1/s1. The fraction of sp³-hybridized carbons (Fsp3) is 0.867. The Hall–Kier alpha value is -0.780. The summed E-state index contributed by atoms with van der Waals surface area (Å²) in [5.74, 6) is -0.800. The molecule has 3 fully saturated rings. The topological polar surface area (TPSA) is 141 Å². The lowest BCUT2D eigenvalue weighted by Crippen LogP contribution is -2.59. The molecule has 9 nitrogen and oxygen atoms in total. The average molecular weight is 346 g/mol. The molecule has 0 bridgehead atoms. The summed E-state index contributed by atoms with van der Waals surface area (Å²) in [6.45, 7) is 1.26. The van der Waals surface area contributed by atoms with E-state index in [2.05, 4.69) is 0 Å². The predicted octanol–water partition coefficient (Wildman–Crippen LogP) is -2.56. The van der Waals surface area contributed by atoms with E-state index in [4.69, 9.17) is 18.9 Å². The van der Waals surface area contributed by atoms with E-state index >= 15 is 0 Å². The van der Waals surface area contributed by atoms with Crippen LogP contribution in [0.3, 0.4) is 0 Å². The van der Waals surface area contributed by atoms with Crippen molar-refractivity contribution in [3.63, 3.8) is 0 Å². The molecule has 2 unspecified atom stereocenters. The van der Waals surface area contributed by atoms with Crippen LogP contribution in [0.4, 0.5) is 0 Å². The fourth-order valence-electron chi connectivity index (χ4n) is 4.12. The number of rotatable bonds is 3. The van der Waals surface area contributed by atoms with Crippen molar-refractivity contribution in [1.29, 1.82) is 0 Å². The van der Waals surface area contributed by atoms with E-state index in [0.29, 0.717) is 0 Å². The van der Waals surface area contributed by atoms with Gasteiger partial charge in [0, 0.05) is 5.92 Å². The molecule has 9 heteroatoms. The summed E-state index contributed by atoms with van der Waals surface area (Å²) >= 11 is 0. The van der Waals surface area contributed by atoms with Gasteiger partial charge < -0.3 is 44.5 Å². The van der Waals surface area contributed by atoms with Gasteiger partial charge in [0.1, 0.15) is 30.0 Å². The van der Waals surface area contributed by atoms with Crippen LogP contribution < -0.4 is 0 Å². The lowest BCUT2D eigenvalue weighted by atomic mass is 9.85. The van der Waals surface area contributed by atoms with E-state index in [0.717, 1.165) is 0 Å². The summed E-state index contributed by atoms with van der Waals surface area (Å²) in [5, 5.41) is 49.7. The van der Waals surface area contributed by atoms with Crippen molar-refractivity contribution in [2.75, 3.05) is 6.61 Å². The molecule has 4 rings (SSSR count). The van der Waals surface area contributed by atoms with Crippen molar-refractivity contribution in [1.82, 2.24) is 0 Å². The van der Waals surface area contributed by atoms with Gasteiger partial charge in [-0.3, -0.25) is 0 Å². The molecule has 136 valence electrons. The monoisotopic (exact) mass is 346 g/mol. The number of hydrogen-bond donors (Lipinski definition) is 5. The highest BCUT2D eigenvalue weighted by atomic mass is 16.8. The van der Waals surface area contributed by atoms with Crippen LogP contribution in [0.15, 0.2) is 12.3 Å². The lowest BCUT2D eigenvalue weighted by molar-refractivity contribution is -0.339. The van der Waals surface area contributed by atoms with Crippen LogP contribution in [-0.4, -0.2) is 86.9 Å². The second kappa shape index (κ2) is 5.61. The molecule has 0 aromatic rings. The zero-order chi connectivity index (χ0) is 17.2. The van der Waals surface area contributed by atoms with E-state index in [9.17, 15) is 25.5 Å². The Kier molecular flexibility index (Phi) is 3.90. The molecule has 1 saturated carbocycles. The van der Waals surface area contributed by atoms with E-state index in [1.807, 2.05) is 0 Å². The first-order chi connectivity index (χ1) is 11.4. The van der Waals surface area contributed by atoms with Gasteiger partial charge >= 0.3 is 0 Å². The normalized spacial score (nSPS) is 58.8. The Morgan fingerprint density at radius 2 is 1.79 bits per heavy atom. The molecule has 0 amide bonds. The lowest BCUT2D eigenvalue weighted by Gasteiger charge is -2.42. The zero-order valence-corrected chi connectivity index (χ0v) is 13.0. The van der Waals surface area contributed by atoms with Gasteiger partial charge in [-0.2, -0.15) is 0 Å². The highest BCUT2D eigenvalue weighted by molar-refractivity contribution is 5.24. The number of epoxide rings is 1. The molecule has 0 aromatic carbocycles. The van der Waals surface area contributed by atoms with Gasteiger partial charge in [-0.25, -0.2) is 0 Å². The minimum Gasteiger partial charge on any atom is -0.472 e. The molecule has 1 aliphatic carbocycles. The number of hydrogen-bond acceptors (Lipinski definition) is 9. The highest BCUT2D eigenvalue weighted by Gasteiger charge is 2.75. The van der Waals surface area contributed by atoms with Crippen LogP contribution in [0.25, 0.3) is 0 Å². The minimum absolute atomic E-state index is 0.293. The molecule has 2 saturated heterocycles. The van der Waals surface area contributed by atoms with Crippen molar-refractivity contribution in [3.05, 3.63) is 12.3 Å². The maximum Gasteiger partial charge on any atom is 0.208 e. The van der Waals surface area contributed by atoms with Crippen LogP contribution in [0.1, 0.15) is 6.92 Å². The van der Waals surface area contributed by atoms with Gasteiger partial charge in [0.25, 0.3) is 0 Å². The smallest absolute Gasteiger partial charge is 0.208 e. The minimum atomic E-state index is -1.46. The van der Waals surface area contributed by atoms with Crippen molar-refractivity contribution >= 4 is 0 Å². The van der Waals surface area contributed by atoms with E-state index < -0.39 is 60.7 Å². The maximum absolute atomic E-state index is 10.3. The highest BCUT2D eigenvalue weighted by Crippen LogP contribution is 2.59. The van der Waals surface area contributed by atoms with Gasteiger partial charge in [0.2, 0.25) is 6.29 Å². The van der Waals surface area contributed by atoms with Crippen LogP contribution in [0.2, 0.25) is 0 Å². The maximum atomic E-state index is 10.3. The van der Waals surface area contributed by atoms with Crippen LogP contribution in [-0.2, 0) is 18.9 Å². The number of aliphatic hydroxyl groups excluding tert-OH is 5. The zero-order valence-electron chi connectivity index (χ0n) is 13.0. The Morgan fingerprint density at radius 1 is 1.04 bits per heavy atom. The molecular formula is C15H22O9. The summed E-state index contributed by atoms with van der Waals surface area (Å²) in [6, 6.07) is 0. The van der Waals surface area contributed by atoms with Crippen molar-refractivity contribution in [2.24, 2.45) is 11.8 Å².